The lowest BCUT2D eigenvalue weighted by molar-refractivity contribution is -0.223. The molecule has 0 heterocycles. The van der Waals surface area contributed by atoms with Gasteiger partial charge in [-0.25, -0.2) is 8.78 Å². The van der Waals surface area contributed by atoms with Gasteiger partial charge in [0, 0.05) is 22.3 Å². The highest BCUT2D eigenvalue weighted by atomic mass is 19.3. The molecule has 0 saturated heterocycles. The second-order valence-electron chi connectivity index (χ2n) is 5.45. The van der Waals surface area contributed by atoms with Crippen LogP contribution in [0.4, 0.5) is 43.9 Å². The number of hydrogen-bond acceptors (Lipinski definition) is 0. The molecule has 0 spiro atoms. The van der Waals surface area contributed by atoms with Crippen LogP contribution >= 0.6 is 0 Å². The van der Waals surface area contributed by atoms with E-state index in [1.54, 1.807) is 0 Å². The van der Waals surface area contributed by atoms with Crippen LogP contribution in [0.1, 0.15) is 22.3 Å². The van der Waals surface area contributed by atoms with E-state index in [1.807, 2.05) is 0 Å². The van der Waals surface area contributed by atoms with Crippen molar-refractivity contribution in [3.63, 3.8) is 0 Å². The second-order valence-corrected chi connectivity index (χ2v) is 5.45. The van der Waals surface area contributed by atoms with Gasteiger partial charge in [0.2, 0.25) is 0 Å². The average Bonchev–Trinajstić information content (AvgIpc) is 2.66. The van der Waals surface area contributed by atoms with Gasteiger partial charge in [0.25, 0.3) is 0 Å². The Bertz CT molecular complexity index is 823. The Morgan fingerprint density at radius 2 is 0.714 bits per heavy atom. The van der Waals surface area contributed by atoms with Crippen molar-refractivity contribution in [1.29, 1.82) is 0 Å². The first-order chi connectivity index (χ1) is 12.9. The minimum absolute atomic E-state index is 0.348. The van der Waals surface area contributed by atoms with Gasteiger partial charge >= 0.3 is 24.0 Å². The third-order valence-corrected chi connectivity index (χ3v) is 3.73. The number of halogens is 10. The molecule has 2 aromatic rings. The molecule has 0 radical (unpaired) electrons. The Balaban J connectivity index is 2.40. The van der Waals surface area contributed by atoms with Gasteiger partial charge < -0.3 is 0 Å². The Hall–Kier alpha value is -2.78. The monoisotopic (exact) mass is 414 g/mol. The summed E-state index contributed by atoms with van der Waals surface area (Å²) in [5.41, 5.74) is -4.19. The molecule has 0 unspecified atom stereocenters. The average molecular weight is 414 g/mol. The number of benzene rings is 2. The fourth-order valence-electron chi connectivity index (χ4n) is 2.23. The summed E-state index contributed by atoms with van der Waals surface area (Å²) in [5, 5.41) is 0. The molecule has 0 amide bonds. The maximum Gasteiger partial charge on any atom is 0.339 e. The minimum atomic E-state index is -4.87. The highest BCUT2D eigenvalue weighted by Crippen LogP contribution is 2.49. The first-order valence-corrected chi connectivity index (χ1v) is 7.28. The van der Waals surface area contributed by atoms with Crippen LogP contribution in [0.5, 0.6) is 0 Å². The summed E-state index contributed by atoms with van der Waals surface area (Å²) >= 11 is 0. The highest BCUT2D eigenvalue weighted by Gasteiger charge is 2.58. The second kappa shape index (κ2) is 7.69. The predicted molar refractivity (Wildman–Crippen MR) is 81.2 cm³/mol. The molecule has 0 fully saturated rings. The first-order valence-electron chi connectivity index (χ1n) is 7.28. The lowest BCUT2D eigenvalue weighted by Gasteiger charge is -2.27. The van der Waals surface area contributed by atoms with Gasteiger partial charge in [-0.2, -0.15) is 35.1 Å². The van der Waals surface area contributed by atoms with E-state index in [-0.39, 0.29) is 0 Å². The molecule has 0 aromatic heterocycles. The summed E-state index contributed by atoms with van der Waals surface area (Å²) in [6.45, 7) is 0. The third kappa shape index (κ3) is 3.90. The van der Waals surface area contributed by atoms with Crippen molar-refractivity contribution in [2.24, 2.45) is 0 Å². The molecule has 28 heavy (non-hydrogen) atoms. The molecule has 0 aliphatic heterocycles. The van der Waals surface area contributed by atoms with E-state index in [0.717, 1.165) is 0 Å². The quantitative estimate of drug-likeness (QED) is 0.441. The smallest absolute Gasteiger partial charge is 0.200 e. The molecule has 0 aliphatic carbocycles. The summed E-state index contributed by atoms with van der Waals surface area (Å²) in [4.78, 5) is 0. The van der Waals surface area contributed by atoms with E-state index in [1.165, 1.54) is 0 Å². The van der Waals surface area contributed by atoms with Crippen molar-refractivity contribution < 1.29 is 43.9 Å². The SMILES string of the molecule is FC(F)=C(F)c1ccc(C(F)(F)C(F)(F)c2ccc(C(F)=C(F)F)cc2)cc1. The normalized spacial score (nSPS) is 11.9. The number of alkyl halides is 4. The van der Waals surface area contributed by atoms with Gasteiger partial charge in [-0.3, -0.25) is 0 Å². The lowest BCUT2D eigenvalue weighted by Crippen LogP contribution is -2.35. The van der Waals surface area contributed by atoms with E-state index >= 15 is 0 Å². The molecule has 0 saturated carbocycles. The summed E-state index contributed by atoms with van der Waals surface area (Å²) < 4.78 is 132. The molecule has 0 nitrogen and oxygen atoms in total. The Morgan fingerprint density at radius 3 is 0.929 bits per heavy atom. The maximum atomic E-state index is 14.3. The van der Waals surface area contributed by atoms with Gasteiger partial charge in [-0.15, -0.1) is 0 Å². The van der Waals surface area contributed by atoms with Crippen molar-refractivity contribution in [3.05, 3.63) is 82.9 Å². The molecular formula is C18H8F10. The van der Waals surface area contributed by atoms with Crippen molar-refractivity contribution in [2.75, 3.05) is 0 Å². The molecule has 0 bridgehead atoms. The van der Waals surface area contributed by atoms with Crippen LogP contribution in [-0.4, -0.2) is 0 Å². The fourth-order valence-corrected chi connectivity index (χ4v) is 2.23. The van der Waals surface area contributed by atoms with Crippen LogP contribution in [0.2, 0.25) is 0 Å². The predicted octanol–water partition coefficient (Wildman–Crippen LogP) is 7.64. The van der Waals surface area contributed by atoms with Gasteiger partial charge in [0.05, 0.1) is 0 Å². The van der Waals surface area contributed by atoms with Crippen LogP contribution < -0.4 is 0 Å². The van der Waals surface area contributed by atoms with Crippen LogP contribution in [0.15, 0.2) is 60.7 Å². The highest BCUT2D eigenvalue weighted by molar-refractivity contribution is 5.61. The summed E-state index contributed by atoms with van der Waals surface area (Å²) in [5.74, 6) is -13.7. The summed E-state index contributed by atoms with van der Waals surface area (Å²) in [6, 6.07) is 3.29. The van der Waals surface area contributed by atoms with Crippen molar-refractivity contribution in [1.82, 2.24) is 0 Å². The minimum Gasteiger partial charge on any atom is -0.200 e. The lowest BCUT2D eigenvalue weighted by atomic mass is 9.94. The zero-order chi connectivity index (χ0) is 21.3. The zero-order valence-corrected chi connectivity index (χ0v) is 13.4. The van der Waals surface area contributed by atoms with Gasteiger partial charge in [0.15, 0.2) is 11.7 Å². The maximum absolute atomic E-state index is 14.3. The third-order valence-electron chi connectivity index (χ3n) is 3.73. The van der Waals surface area contributed by atoms with E-state index in [2.05, 4.69) is 0 Å². The molecule has 10 heteroatoms. The Kier molecular flexibility index (Phi) is 5.91. The summed E-state index contributed by atoms with van der Waals surface area (Å²) in [7, 11) is 0. The first kappa shape index (κ1) is 21.5. The molecule has 0 atom stereocenters. The molecule has 2 aromatic carbocycles. The van der Waals surface area contributed by atoms with Crippen molar-refractivity contribution in [3.8, 4) is 0 Å². The Morgan fingerprint density at radius 1 is 0.464 bits per heavy atom. The molecular weight excluding hydrogens is 406 g/mol. The molecule has 150 valence electrons. The van der Waals surface area contributed by atoms with E-state index in [9.17, 15) is 43.9 Å². The van der Waals surface area contributed by atoms with Crippen LogP contribution in [0.25, 0.3) is 11.7 Å². The van der Waals surface area contributed by atoms with Gasteiger partial charge in [-0.05, 0) is 0 Å². The van der Waals surface area contributed by atoms with Crippen molar-refractivity contribution in [2.45, 2.75) is 11.8 Å². The zero-order valence-electron chi connectivity index (χ0n) is 13.4. The summed E-state index contributed by atoms with van der Waals surface area (Å²) in [6.07, 6.45) is -5.42. The molecule has 0 N–H and O–H groups in total. The fraction of sp³-hybridized carbons (Fsp3) is 0.111. The van der Waals surface area contributed by atoms with Gasteiger partial charge in [0.1, 0.15) is 0 Å². The topological polar surface area (TPSA) is 0 Å². The van der Waals surface area contributed by atoms with E-state index in [0.29, 0.717) is 48.5 Å². The van der Waals surface area contributed by atoms with Gasteiger partial charge in [-0.1, -0.05) is 48.5 Å². The van der Waals surface area contributed by atoms with E-state index < -0.39 is 57.9 Å². The largest absolute Gasteiger partial charge is 0.339 e. The van der Waals surface area contributed by atoms with Crippen LogP contribution in [0.3, 0.4) is 0 Å². The number of rotatable bonds is 5. The number of hydrogen-bond donors (Lipinski definition) is 0. The van der Waals surface area contributed by atoms with Crippen LogP contribution in [0, 0.1) is 0 Å². The standard InChI is InChI=1S/C18H8F10/c19-13(15(21)22)9-1-5-11(6-2-9)17(25,26)18(27,28)12-7-3-10(4-8-12)14(20)16(23)24/h1-8H. The molecule has 0 aliphatic rings. The van der Waals surface area contributed by atoms with Crippen molar-refractivity contribution >= 4 is 11.7 Å². The molecule has 2 rings (SSSR count). The Labute approximate surface area is 151 Å². The van der Waals surface area contributed by atoms with Crippen LogP contribution in [-0.2, 0) is 11.8 Å². The van der Waals surface area contributed by atoms with E-state index in [4.69, 9.17) is 0 Å².